The minimum Gasteiger partial charge on any atom is -0.378 e. The van der Waals surface area contributed by atoms with Crippen LogP contribution < -0.4 is 10.2 Å². The number of anilines is 1. The standard InChI is InChI=1S/C22H26N6S/c1-21(2)11-15-16-19-24-18(13-7-9-14(10-8-13)27(5)6)25-28(19)12-23-20(16)29-17(15)22(3,4)26-21/h7-10,12,26H,11H2,1-6H3. The zero-order valence-electron chi connectivity index (χ0n) is 17.7. The average Bonchev–Trinajstić information content (AvgIpc) is 3.21. The van der Waals surface area contributed by atoms with E-state index in [0.29, 0.717) is 0 Å². The highest BCUT2D eigenvalue weighted by Crippen LogP contribution is 2.44. The zero-order chi connectivity index (χ0) is 20.6. The van der Waals surface area contributed by atoms with Crippen molar-refractivity contribution >= 4 is 32.9 Å². The fraction of sp³-hybridized carbons (Fsp3) is 0.409. The summed E-state index contributed by atoms with van der Waals surface area (Å²) in [5.41, 5.74) is 4.35. The molecule has 1 aromatic carbocycles. The Bertz CT molecular complexity index is 1230. The second kappa shape index (κ2) is 6.00. The molecule has 29 heavy (non-hydrogen) atoms. The Morgan fingerprint density at radius 1 is 1.10 bits per heavy atom. The van der Waals surface area contributed by atoms with Gasteiger partial charge in [0.1, 0.15) is 11.2 Å². The summed E-state index contributed by atoms with van der Waals surface area (Å²) in [6.45, 7) is 9.02. The smallest absolute Gasteiger partial charge is 0.182 e. The first-order valence-corrected chi connectivity index (χ1v) is 10.7. The van der Waals surface area contributed by atoms with Gasteiger partial charge in [0.05, 0.1) is 5.39 Å². The summed E-state index contributed by atoms with van der Waals surface area (Å²) in [6.07, 6.45) is 2.74. The molecule has 0 fully saturated rings. The molecule has 0 atom stereocenters. The molecule has 0 saturated carbocycles. The second-order valence-electron chi connectivity index (χ2n) is 9.29. The molecule has 0 amide bonds. The van der Waals surface area contributed by atoms with E-state index in [1.807, 2.05) is 18.6 Å². The summed E-state index contributed by atoms with van der Waals surface area (Å²) in [5.74, 6) is 0.733. The highest BCUT2D eigenvalue weighted by atomic mass is 32.1. The highest BCUT2D eigenvalue weighted by molar-refractivity contribution is 7.19. The van der Waals surface area contributed by atoms with E-state index in [1.165, 1.54) is 10.4 Å². The number of nitrogens with one attached hydrogen (secondary N) is 1. The lowest BCUT2D eigenvalue weighted by atomic mass is 9.82. The van der Waals surface area contributed by atoms with Gasteiger partial charge in [0.2, 0.25) is 0 Å². The predicted molar refractivity (Wildman–Crippen MR) is 120 cm³/mol. The van der Waals surface area contributed by atoms with Crippen LogP contribution >= 0.6 is 11.3 Å². The first-order valence-electron chi connectivity index (χ1n) is 9.89. The van der Waals surface area contributed by atoms with Crippen LogP contribution in [0.3, 0.4) is 0 Å². The third kappa shape index (κ3) is 2.91. The van der Waals surface area contributed by atoms with E-state index >= 15 is 0 Å². The van der Waals surface area contributed by atoms with Gasteiger partial charge in [0, 0.05) is 41.3 Å². The van der Waals surface area contributed by atoms with E-state index in [0.717, 1.165) is 39.4 Å². The largest absolute Gasteiger partial charge is 0.378 e. The summed E-state index contributed by atoms with van der Waals surface area (Å²) >= 11 is 1.77. The maximum atomic E-state index is 4.95. The Morgan fingerprint density at radius 2 is 1.83 bits per heavy atom. The molecule has 3 aromatic heterocycles. The maximum absolute atomic E-state index is 4.95. The molecule has 0 aliphatic carbocycles. The van der Waals surface area contributed by atoms with Crippen molar-refractivity contribution in [2.24, 2.45) is 0 Å². The van der Waals surface area contributed by atoms with Crippen molar-refractivity contribution in [3.8, 4) is 11.4 Å². The molecule has 150 valence electrons. The van der Waals surface area contributed by atoms with E-state index in [4.69, 9.17) is 15.1 Å². The third-order valence-electron chi connectivity index (χ3n) is 5.61. The fourth-order valence-corrected chi connectivity index (χ4v) is 5.76. The Morgan fingerprint density at radius 3 is 2.52 bits per heavy atom. The van der Waals surface area contributed by atoms with Gasteiger partial charge in [-0.1, -0.05) is 0 Å². The van der Waals surface area contributed by atoms with Crippen molar-refractivity contribution in [2.45, 2.75) is 45.2 Å². The normalized spacial score (nSPS) is 17.6. The molecule has 0 unspecified atom stereocenters. The number of thiophene rings is 1. The van der Waals surface area contributed by atoms with Gasteiger partial charge in [0.15, 0.2) is 11.5 Å². The molecular weight excluding hydrogens is 380 g/mol. The maximum Gasteiger partial charge on any atom is 0.182 e. The lowest BCUT2D eigenvalue weighted by Gasteiger charge is -2.42. The number of nitrogens with zero attached hydrogens (tertiary/aromatic N) is 5. The van der Waals surface area contributed by atoms with Gasteiger partial charge in [0.25, 0.3) is 0 Å². The molecular formula is C22H26N6S. The quantitative estimate of drug-likeness (QED) is 0.540. The van der Waals surface area contributed by atoms with E-state index in [-0.39, 0.29) is 11.1 Å². The molecule has 0 radical (unpaired) electrons. The lowest BCUT2D eigenvalue weighted by molar-refractivity contribution is 0.248. The van der Waals surface area contributed by atoms with E-state index in [1.54, 1.807) is 17.7 Å². The van der Waals surface area contributed by atoms with Crippen LogP contribution in [-0.4, -0.2) is 39.2 Å². The van der Waals surface area contributed by atoms with E-state index in [9.17, 15) is 0 Å². The average molecular weight is 407 g/mol. The van der Waals surface area contributed by atoms with Crippen LogP contribution in [0.25, 0.3) is 27.3 Å². The minimum atomic E-state index is -0.0930. The van der Waals surface area contributed by atoms with E-state index in [2.05, 4.69) is 62.2 Å². The Kier molecular flexibility index (Phi) is 3.83. The topological polar surface area (TPSA) is 58.4 Å². The van der Waals surface area contributed by atoms with Crippen molar-refractivity contribution in [1.29, 1.82) is 0 Å². The monoisotopic (exact) mass is 406 g/mol. The highest BCUT2D eigenvalue weighted by Gasteiger charge is 2.39. The van der Waals surface area contributed by atoms with Crippen molar-refractivity contribution in [1.82, 2.24) is 24.9 Å². The Hall–Kier alpha value is -2.51. The first kappa shape index (κ1) is 18.5. The summed E-state index contributed by atoms with van der Waals surface area (Å²) in [6, 6.07) is 8.35. The van der Waals surface area contributed by atoms with Crippen LogP contribution in [-0.2, 0) is 12.0 Å². The third-order valence-corrected chi connectivity index (χ3v) is 7.07. The number of fused-ring (bicyclic) bond motifs is 5. The van der Waals surface area contributed by atoms with Gasteiger partial charge in [-0.05, 0) is 63.9 Å². The second-order valence-corrected chi connectivity index (χ2v) is 10.3. The number of rotatable bonds is 2. The van der Waals surface area contributed by atoms with Crippen molar-refractivity contribution in [3.05, 3.63) is 41.0 Å². The molecule has 1 aliphatic heterocycles. The molecule has 4 aromatic rings. The summed E-state index contributed by atoms with van der Waals surface area (Å²) in [4.78, 5) is 14.1. The van der Waals surface area contributed by atoms with Crippen LogP contribution in [0, 0.1) is 0 Å². The SMILES string of the molecule is CN(C)c1ccc(-c2nc3c4c5c(sc4ncn3n2)C(C)(C)NC(C)(C)C5)cc1. The van der Waals surface area contributed by atoms with Gasteiger partial charge < -0.3 is 10.2 Å². The van der Waals surface area contributed by atoms with E-state index < -0.39 is 0 Å². The van der Waals surface area contributed by atoms with Gasteiger partial charge in [-0.2, -0.15) is 0 Å². The van der Waals surface area contributed by atoms with Gasteiger partial charge in [-0.25, -0.2) is 14.5 Å². The fourth-order valence-electron chi connectivity index (χ4n) is 4.55. The molecule has 5 rings (SSSR count). The summed E-state index contributed by atoms with van der Waals surface area (Å²) in [5, 5.41) is 9.66. The van der Waals surface area contributed by atoms with Gasteiger partial charge in [-0.15, -0.1) is 16.4 Å². The van der Waals surface area contributed by atoms with Crippen molar-refractivity contribution < 1.29 is 0 Å². The van der Waals surface area contributed by atoms with Crippen molar-refractivity contribution in [2.75, 3.05) is 19.0 Å². The molecule has 0 spiro atoms. The van der Waals surface area contributed by atoms with Gasteiger partial charge in [-0.3, -0.25) is 0 Å². The first-order chi connectivity index (χ1) is 13.6. The molecule has 6 nitrogen and oxygen atoms in total. The number of hydrogen-bond acceptors (Lipinski definition) is 6. The van der Waals surface area contributed by atoms with Crippen LogP contribution in [0.15, 0.2) is 30.6 Å². The Balaban J connectivity index is 1.71. The minimum absolute atomic E-state index is 0.0161. The summed E-state index contributed by atoms with van der Waals surface area (Å²) in [7, 11) is 4.08. The Labute approximate surface area is 174 Å². The van der Waals surface area contributed by atoms with Crippen LogP contribution in [0.2, 0.25) is 0 Å². The molecule has 0 bridgehead atoms. The summed E-state index contributed by atoms with van der Waals surface area (Å²) < 4.78 is 1.83. The predicted octanol–water partition coefficient (Wildman–Crippen LogP) is 4.23. The molecule has 4 heterocycles. The molecule has 1 N–H and O–H groups in total. The lowest BCUT2D eigenvalue weighted by Crippen LogP contribution is -2.54. The molecule has 1 aliphatic rings. The molecule has 7 heteroatoms. The number of aromatic nitrogens is 4. The van der Waals surface area contributed by atoms with Crippen LogP contribution in [0.1, 0.15) is 38.1 Å². The molecule has 0 saturated heterocycles. The number of hydrogen-bond donors (Lipinski definition) is 1. The van der Waals surface area contributed by atoms with Crippen molar-refractivity contribution in [3.63, 3.8) is 0 Å². The van der Waals surface area contributed by atoms with Gasteiger partial charge >= 0.3 is 0 Å². The number of benzene rings is 1. The zero-order valence-corrected chi connectivity index (χ0v) is 18.6. The van der Waals surface area contributed by atoms with Crippen LogP contribution in [0.4, 0.5) is 5.69 Å². The van der Waals surface area contributed by atoms with Crippen LogP contribution in [0.5, 0.6) is 0 Å².